The van der Waals surface area contributed by atoms with Crippen LogP contribution in [0.5, 0.6) is 0 Å². The van der Waals surface area contributed by atoms with E-state index in [1.165, 1.54) is 4.90 Å². The van der Waals surface area contributed by atoms with Gasteiger partial charge < -0.3 is 14.6 Å². The number of ether oxygens (including phenoxy) is 2. The quantitative estimate of drug-likeness (QED) is 0.774. The number of hydrogen-bond acceptors (Lipinski definition) is 5. The van der Waals surface area contributed by atoms with Gasteiger partial charge in [-0.15, -0.1) is 0 Å². The summed E-state index contributed by atoms with van der Waals surface area (Å²) < 4.78 is 10.4. The largest absolute Gasteiger partial charge is 0.464 e. The summed E-state index contributed by atoms with van der Waals surface area (Å²) in [6.45, 7) is 7.33. The molecule has 6 heteroatoms. The van der Waals surface area contributed by atoms with Crippen LogP contribution in [-0.4, -0.2) is 52.5 Å². The molecule has 0 aromatic rings. The lowest BCUT2D eigenvalue weighted by molar-refractivity contribution is -0.152. The van der Waals surface area contributed by atoms with Crippen LogP contribution in [0.2, 0.25) is 0 Å². The Balaban J connectivity index is 2.18. The van der Waals surface area contributed by atoms with E-state index in [1.807, 2.05) is 0 Å². The molecular weight excluding hydrogens is 262 g/mol. The van der Waals surface area contributed by atoms with Crippen LogP contribution in [0, 0.1) is 5.92 Å². The first kappa shape index (κ1) is 15.1. The molecule has 0 radical (unpaired) electrons. The Bertz CT molecular complexity index is 403. The number of esters is 1. The molecule has 6 nitrogen and oxygen atoms in total. The molecule has 2 unspecified atom stereocenters. The molecule has 114 valence electrons. The number of aliphatic hydroxyl groups excluding tert-OH is 1. The topological polar surface area (TPSA) is 76.1 Å². The maximum absolute atomic E-state index is 12.3. The van der Waals surface area contributed by atoms with Gasteiger partial charge in [-0.3, -0.25) is 4.90 Å². The van der Waals surface area contributed by atoms with Crippen molar-refractivity contribution in [3.05, 3.63) is 0 Å². The van der Waals surface area contributed by atoms with Gasteiger partial charge in [0.25, 0.3) is 0 Å². The summed E-state index contributed by atoms with van der Waals surface area (Å²) in [6.07, 6.45) is 0.0251. The Hall–Kier alpha value is -1.30. The molecule has 0 aromatic carbocycles. The maximum Gasteiger partial charge on any atom is 0.411 e. The molecule has 1 aliphatic carbocycles. The molecule has 0 aromatic heterocycles. The lowest BCUT2D eigenvalue weighted by Crippen LogP contribution is -2.55. The van der Waals surface area contributed by atoms with Gasteiger partial charge in [-0.25, -0.2) is 9.59 Å². The zero-order chi connectivity index (χ0) is 15.1. The first-order chi connectivity index (χ1) is 9.24. The molecule has 1 saturated carbocycles. The van der Waals surface area contributed by atoms with Crippen LogP contribution >= 0.6 is 0 Å². The molecule has 1 aliphatic heterocycles. The number of aliphatic hydroxyl groups is 1. The SMILES string of the molecule is CCOC(=O)[C@@H]1C2CC([C@@H](O)C2)N1C(=O)OC(C)(C)C. The Labute approximate surface area is 119 Å². The molecule has 1 saturated heterocycles. The van der Waals surface area contributed by atoms with E-state index in [4.69, 9.17) is 9.47 Å². The zero-order valence-corrected chi connectivity index (χ0v) is 12.5. The third kappa shape index (κ3) is 2.75. The summed E-state index contributed by atoms with van der Waals surface area (Å²) in [6, 6.07) is -0.970. The molecule has 0 spiro atoms. The molecule has 2 rings (SSSR count). The van der Waals surface area contributed by atoms with Crippen LogP contribution in [0.4, 0.5) is 4.79 Å². The highest BCUT2D eigenvalue weighted by molar-refractivity contribution is 5.83. The third-order valence-electron chi connectivity index (χ3n) is 3.77. The van der Waals surface area contributed by atoms with E-state index in [9.17, 15) is 14.7 Å². The number of fused-ring (bicyclic) bond motifs is 2. The zero-order valence-electron chi connectivity index (χ0n) is 12.5. The van der Waals surface area contributed by atoms with Crippen molar-refractivity contribution in [1.29, 1.82) is 0 Å². The van der Waals surface area contributed by atoms with Gasteiger partial charge in [0.15, 0.2) is 0 Å². The average molecular weight is 285 g/mol. The summed E-state index contributed by atoms with van der Waals surface area (Å²) in [5.74, 6) is -0.445. The fourth-order valence-electron chi connectivity index (χ4n) is 3.12. The van der Waals surface area contributed by atoms with E-state index in [0.29, 0.717) is 12.8 Å². The molecule has 1 amide bonds. The normalized spacial score (nSPS) is 32.4. The summed E-state index contributed by atoms with van der Waals surface area (Å²) in [5.41, 5.74) is -0.636. The Morgan fingerprint density at radius 2 is 1.95 bits per heavy atom. The van der Waals surface area contributed by atoms with E-state index in [1.54, 1.807) is 27.7 Å². The molecule has 2 aliphatic rings. The maximum atomic E-state index is 12.3. The van der Waals surface area contributed by atoms with Gasteiger partial charge in [0.2, 0.25) is 0 Å². The minimum atomic E-state index is -0.636. The van der Waals surface area contributed by atoms with Crippen LogP contribution in [0.1, 0.15) is 40.5 Å². The highest BCUT2D eigenvalue weighted by atomic mass is 16.6. The van der Waals surface area contributed by atoms with Crippen molar-refractivity contribution in [3.63, 3.8) is 0 Å². The Morgan fingerprint density at radius 1 is 1.30 bits per heavy atom. The molecular formula is C14H23NO5. The standard InChI is InChI=1S/C14H23NO5/c1-5-19-12(17)11-8-6-9(10(16)7-8)15(11)13(18)20-14(2,3)4/h8-11,16H,5-7H2,1-4H3/t8?,9?,10-,11-/m0/s1. The fraction of sp³-hybridized carbons (Fsp3) is 0.857. The molecule has 1 N–H and O–H groups in total. The van der Waals surface area contributed by atoms with E-state index >= 15 is 0 Å². The number of likely N-dealkylation sites (tertiary alicyclic amines) is 1. The predicted molar refractivity (Wildman–Crippen MR) is 71.0 cm³/mol. The molecule has 4 atom stereocenters. The monoisotopic (exact) mass is 285 g/mol. The van der Waals surface area contributed by atoms with Gasteiger partial charge in [-0.05, 0) is 46.5 Å². The summed E-state index contributed by atoms with van der Waals surface area (Å²) in [7, 11) is 0. The van der Waals surface area contributed by atoms with Crippen molar-refractivity contribution in [2.24, 2.45) is 5.92 Å². The van der Waals surface area contributed by atoms with Gasteiger partial charge in [-0.2, -0.15) is 0 Å². The number of amides is 1. The van der Waals surface area contributed by atoms with Crippen molar-refractivity contribution in [2.75, 3.05) is 6.61 Å². The highest BCUT2D eigenvalue weighted by Crippen LogP contribution is 2.43. The van der Waals surface area contributed by atoms with Crippen molar-refractivity contribution in [3.8, 4) is 0 Å². The molecule has 2 bridgehead atoms. The second-order valence-electron chi connectivity index (χ2n) is 6.45. The first-order valence-electron chi connectivity index (χ1n) is 7.10. The number of piperidine rings is 1. The van der Waals surface area contributed by atoms with E-state index < -0.39 is 29.8 Å². The number of carbonyl (C=O) groups excluding carboxylic acids is 2. The molecule has 2 fully saturated rings. The average Bonchev–Trinajstić information content (AvgIpc) is 2.82. The Kier molecular flexibility index (Phi) is 3.95. The second-order valence-corrected chi connectivity index (χ2v) is 6.45. The second kappa shape index (κ2) is 5.24. The van der Waals surface area contributed by atoms with E-state index in [0.717, 1.165) is 0 Å². The van der Waals surface area contributed by atoms with Crippen LogP contribution in [-0.2, 0) is 14.3 Å². The summed E-state index contributed by atoms with van der Waals surface area (Å²) >= 11 is 0. The number of nitrogens with zero attached hydrogens (tertiary/aromatic N) is 1. The highest BCUT2D eigenvalue weighted by Gasteiger charge is 2.57. The van der Waals surface area contributed by atoms with Crippen molar-refractivity contribution >= 4 is 12.1 Å². The van der Waals surface area contributed by atoms with Crippen LogP contribution in [0.3, 0.4) is 0 Å². The number of carbonyl (C=O) groups is 2. The Morgan fingerprint density at radius 3 is 2.50 bits per heavy atom. The van der Waals surface area contributed by atoms with Gasteiger partial charge in [0.05, 0.1) is 18.8 Å². The van der Waals surface area contributed by atoms with Gasteiger partial charge >= 0.3 is 12.1 Å². The minimum absolute atomic E-state index is 0.0402. The fourth-order valence-corrected chi connectivity index (χ4v) is 3.12. The third-order valence-corrected chi connectivity index (χ3v) is 3.77. The number of rotatable bonds is 2. The first-order valence-corrected chi connectivity index (χ1v) is 7.10. The molecule has 1 heterocycles. The van der Waals surface area contributed by atoms with Crippen LogP contribution in [0.25, 0.3) is 0 Å². The van der Waals surface area contributed by atoms with E-state index in [-0.39, 0.29) is 18.6 Å². The van der Waals surface area contributed by atoms with Crippen molar-refractivity contribution in [1.82, 2.24) is 4.90 Å². The smallest absolute Gasteiger partial charge is 0.411 e. The van der Waals surface area contributed by atoms with E-state index in [2.05, 4.69) is 0 Å². The summed E-state index contributed by atoms with van der Waals surface area (Å²) in [4.78, 5) is 25.7. The lowest BCUT2D eigenvalue weighted by Gasteiger charge is -2.37. The van der Waals surface area contributed by atoms with Crippen molar-refractivity contribution in [2.45, 2.75) is 64.3 Å². The van der Waals surface area contributed by atoms with Gasteiger partial charge in [0.1, 0.15) is 11.6 Å². The summed E-state index contributed by atoms with van der Waals surface area (Å²) in [5, 5.41) is 9.96. The molecule has 20 heavy (non-hydrogen) atoms. The predicted octanol–water partition coefficient (Wildman–Crippen LogP) is 1.31. The lowest BCUT2D eigenvalue weighted by atomic mass is 9.98. The van der Waals surface area contributed by atoms with Crippen molar-refractivity contribution < 1.29 is 24.2 Å². The number of hydrogen-bond donors (Lipinski definition) is 1. The minimum Gasteiger partial charge on any atom is -0.464 e. The van der Waals surface area contributed by atoms with Crippen LogP contribution in [0.15, 0.2) is 0 Å². The van der Waals surface area contributed by atoms with Gasteiger partial charge in [-0.1, -0.05) is 0 Å². The van der Waals surface area contributed by atoms with Crippen LogP contribution < -0.4 is 0 Å². The van der Waals surface area contributed by atoms with Gasteiger partial charge in [0, 0.05) is 0 Å².